The number of halogens is 1. The number of likely N-dealkylation sites (N-methyl/N-ethyl adjacent to an activating group) is 1. The number of benzene rings is 2. The summed E-state index contributed by atoms with van der Waals surface area (Å²) in [6.45, 7) is 0.239. The topological polar surface area (TPSA) is 88.2 Å². The highest BCUT2D eigenvalue weighted by Crippen LogP contribution is 2.32. The number of hydrogen-bond donors (Lipinski definition) is 1. The molecule has 3 amide bonds. The minimum Gasteiger partial charge on any atom is -0.490 e. The summed E-state index contributed by atoms with van der Waals surface area (Å²) in [4.78, 5) is 41.1. The van der Waals surface area contributed by atoms with Gasteiger partial charge >= 0.3 is 0 Å². The van der Waals surface area contributed by atoms with E-state index >= 15 is 0 Å². The standard InChI is InChI=1S/C25H28FN3O5/c1-28(2)23(30)13-18-9-10-20-22(34-18)14-33-21-11-8-17(12-19(21)25(32)29(20)3)27-24(31)15-4-6-16(26)7-5-15/h4-8,11-12,18,20,22H,9-10,13-14H2,1-3H3,(H,27,31)/t18-,20+,22+/m1/s1. The molecule has 4 rings (SSSR count). The molecule has 2 aromatic rings. The number of ether oxygens (including phenoxy) is 2. The van der Waals surface area contributed by atoms with Gasteiger partial charge in [-0.1, -0.05) is 0 Å². The Morgan fingerprint density at radius 3 is 2.59 bits per heavy atom. The average Bonchev–Trinajstić information content (AvgIpc) is 2.82. The number of carbonyl (C=O) groups excluding carboxylic acids is 3. The lowest BCUT2D eigenvalue weighted by Gasteiger charge is -2.42. The molecule has 2 aliphatic rings. The van der Waals surface area contributed by atoms with Crippen LogP contribution in [0.4, 0.5) is 10.1 Å². The third-order valence-corrected chi connectivity index (χ3v) is 6.28. The van der Waals surface area contributed by atoms with Gasteiger partial charge in [-0.15, -0.1) is 0 Å². The predicted molar refractivity (Wildman–Crippen MR) is 123 cm³/mol. The van der Waals surface area contributed by atoms with E-state index < -0.39 is 11.7 Å². The van der Waals surface area contributed by atoms with E-state index in [1.54, 1.807) is 49.1 Å². The second-order valence-corrected chi connectivity index (χ2v) is 8.83. The number of nitrogens with one attached hydrogen (secondary N) is 1. The maximum atomic E-state index is 13.3. The summed E-state index contributed by atoms with van der Waals surface area (Å²) in [7, 11) is 5.16. The number of nitrogens with zero attached hydrogens (tertiary/aromatic N) is 2. The number of rotatable bonds is 4. The van der Waals surface area contributed by atoms with Crippen molar-refractivity contribution in [2.45, 2.75) is 37.5 Å². The van der Waals surface area contributed by atoms with Crippen LogP contribution in [0.25, 0.3) is 0 Å². The molecule has 2 heterocycles. The number of hydrogen-bond acceptors (Lipinski definition) is 5. The van der Waals surface area contributed by atoms with Crippen molar-refractivity contribution in [1.82, 2.24) is 9.80 Å². The smallest absolute Gasteiger partial charge is 0.257 e. The Bertz CT molecular complexity index is 1090. The highest BCUT2D eigenvalue weighted by molar-refractivity contribution is 6.05. The van der Waals surface area contributed by atoms with Gasteiger partial charge in [0, 0.05) is 32.4 Å². The van der Waals surface area contributed by atoms with Crippen molar-refractivity contribution >= 4 is 23.4 Å². The van der Waals surface area contributed by atoms with Crippen molar-refractivity contribution in [2.75, 3.05) is 33.1 Å². The number of carbonyl (C=O) groups is 3. The molecule has 3 atom stereocenters. The van der Waals surface area contributed by atoms with Crippen LogP contribution in [0.15, 0.2) is 42.5 Å². The molecule has 34 heavy (non-hydrogen) atoms. The second kappa shape index (κ2) is 9.80. The Hall–Kier alpha value is -3.46. The van der Waals surface area contributed by atoms with Crippen LogP contribution in [0.5, 0.6) is 5.75 Å². The number of amides is 3. The highest BCUT2D eigenvalue weighted by Gasteiger charge is 2.39. The van der Waals surface area contributed by atoms with Crippen LogP contribution < -0.4 is 10.1 Å². The van der Waals surface area contributed by atoms with Crippen LogP contribution in [0.1, 0.15) is 40.0 Å². The zero-order valence-electron chi connectivity index (χ0n) is 19.4. The largest absolute Gasteiger partial charge is 0.490 e. The number of anilines is 1. The second-order valence-electron chi connectivity index (χ2n) is 8.83. The predicted octanol–water partition coefficient (Wildman–Crippen LogP) is 2.94. The minimum atomic E-state index is -0.427. The van der Waals surface area contributed by atoms with Crippen LogP contribution in [-0.4, -0.2) is 73.5 Å². The Morgan fingerprint density at radius 2 is 1.88 bits per heavy atom. The van der Waals surface area contributed by atoms with Gasteiger partial charge in [0.2, 0.25) is 5.91 Å². The summed E-state index contributed by atoms with van der Waals surface area (Å²) in [5.74, 6) is -0.685. The molecule has 0 aliphatic carbocycles. The fourth-order valence-corrected chi connectivity index (χ4v) is 4.29. The maximum absolute atomic E-state index is 13.3. The fraction of sp³-hybridized carbons (Fsp3) is 0.400. The lowest BCUT2D eigenvalue weighted by molar-refractivity contribution is -0.140. The quantitative estimate of drug-likeness (QED) is 0.744. The Labute approximate surface area is 197 Å². The normalized spacial score (nSPS) is 21.9. The minimum absolute atomic E-state index is 0.000188. The fourth-order valence-electron chi connectivity index (χ4n) is 4.29. The van der Waals surface area contributed by atoms with Crippen LogP contribution in [0, 0.1) is 5.82 Å². The van der Waals surface area contributed by atoms with E-state index in [2.05, 4.69) is 5.32 Å². The van der Waals surface area contributed by atoms with E-state index in [0.717, 1.165) is 0 Å². The van der Waals surface area contributed by atoms with Gasteiger partial charge in [-0.25, -0.2) is 4.39 Å². The molecule has 0 saturated carbocycles. The van der Waals surface area contributed by atoms with E-state index in [1.807, 2.05) is 0 Å². The van der Waals surface area contributed by atoms with Crippen molar-refractivity contribution in [3.8, 4) is 5.75 Å². The summed E-state index contributed by atoms with van der Waals surface area (Å²) in [6, 6.07) is 9.88. The van der Waals surface area contributed by atoms with Crippen LogP contribution in [0.3, 0.4) is 0 Å². The van der Waals surface area contributed by atoms with E-state index in [9.17, 15) is 18.8 Å². The lowest BCUT2D eigenvalue weighted by Crippen LogP contribution is -2.53. The molecule has 0 spiro atoms. The molecule has 8 nitrogen and oxygen atoms in total. The van der Waals surface area contributed by atoms with E-state index in [-0.39, 0.29) is 36.7 Å². The van der Waals surface area contributed by atoms with Crippen LogP contribution >= 0.6 is 0 Å². The summed E-state index contributed by atoms with van der Waals surface area (Å²) in [5.41, 5.74) is 1.07. The van der Waals surface area contributed by atoms with E-state index in [0.29, 0.717) is 41.8 Å². The van der Waals surface area contributed by atoms with E-state index in [4.69, 9.17) is 9.47 Å². The Balaban J connectivity index is 1.50. The van der Waals surface area contributed by atoms with Gasteiger partial charge in [0.1, 0.15) is 24.3 Å². The zero-order chi connectivity index (χ0) is 24.4. The van der Waals surface area contributed by atoms with Crippen LogP contribution in [0.2, 0.25) is 0 Å². The molecule has 0 unspecified atom stereocenters. The van der Waals surface area contributed by atoms with Crippen molar-refractivity contribution in [2.24, 2.45) is 0 Å². The lowest BCUT2D eigenvalue weighted by atomic mass is 9.94. The molecule has 2 aliphatic heterocycles. The molecule has 0 radical (unpaired) electrons. The average molecular weight is 470 g/mol. The first-order valence-electron chi connectivity index (χ1n) is 11.2. The monoisotopic (exact) mass is 469 g/mol. The van der Waals surface area contributed by atoms with Gasteiger partial charge in [0.25, 0.3) is 11.8 Å². The van der Waals surface area contributed by atoms with Crippen molar-refractivity contribution in [3.05, 3.63) is 59.4 Å². The van der Waals surface area contributed by atoms with Gasteiger partial charge in [-0.2, -0.15) is 0 Å². The summed E-state index contributed by atoms with van der Waals surface area (Å²) in [5, 5.41) is 2.74. The number of fused-ring (bicyclic) bond motifs is 2. The highest BCUT2D eigenvalue weighted by atomic mass is 19.1. The molecule has 180 valence electrons. The summed E-state index contributed by atoms with van der Waals surface area (Å²) in [6.07, 6.45) is 1.08. The molecule has 2 aromatic carbocycles. The van der Waals surface area contributed by atoms with Crippen molar-refractivity contribution in [3.63, 3.8) is 0 Å². The molecule has 9 heteroatoms. The van der Waals surface area contributed by atoms with Gasteiger partial charge in [-0.05, 0) is 55.3 Å². The van der Waals surface area contributed by atoms with Crippen molar-refractivity contribution < 1.29 is 28.2 Å². The third kappa shape index (κ3) is 5.04. The van der Waals surface area contributed by atoms with Gasteiger partial charge < -0.3 is 24.6 Å². The SMILES string of the molecule is CN(C)C(=O)C[C@H]1CC[C@H]2[C@H](COc3ccc(NC(=O)c4ccc(F)cc4)cc3C(=O)N2C)O1. The first-order valence-corrected chi connectivity index (χ1v) is 11.2. The molecule has 1 fully saturated rings. The van der Waals surface area contributed by atoms with Crippen LogP contribution in [-0.2, 0) is 9.53 Å². The molecule has 0 aromatic heterocycles. The molecule has 1 saturated heterocycles. The Morgan fingerprint density at radius 1 is 1.15 bits per heavy atom. The maximum Gasteiger partial charge on any atom is 0.257 e. The molecule has 0 bridgehead atoms. The third-order valence-electron chi connectivity index (χ3n) is 6.28. The first kappa shape index (κ1) is 23.7. The van der Waals surface area contributed by atoms with Crippen molar-refractivity contribution in [1.29, 1.82) is 0 Å². The van der Waals surface area contributed by atoms with E-state index in [1.165, 1.54) is 24.3 Å². The molecule has 1 N–H and O–H groups in total. The van der Waals surface area contributed by atoms with Gasteiger partial charge in [0.05, 0.1) is 24.1 Å². The Kier molecular flexibility index (Phi) is 6.83. The zero-order valence-corrected chi connectivity index (χ0v) is 19.4. The first-order chi connectivity index (χ1) is 16.2. The summed E-state index contributed by atoms with van der Waals surface area (Å²) >= 11 is 0. The van der Waals surface area contributed by atoms with Gasteiger partial charge in [0.15, 0.2) is 0 Å². The molecular weight excluding hydrogens is 441 g/mol. The van der Waals surface area contributed by atoms with Gasteiger partial charge in [-0.3, -0.25) is 14.4 Å². The summed E-state index contributed by atoms with van der Waals surface area (Å²) < 4.78 is 25.2. The molecular formula is C25H28FN3O5.